The second-order valence-electron chi connectivity index (χ2n) is 4.77. The van der Waals surface area contributed by atoms with Gasteiger partial charge in [0.15, 0.2) is 0 Å². The van der Waals surface area contributed by atoms with E-state index in [-0.39, 0.29) is 6.61 Å². The molecule has 0 saturated carbocycles. The molecule has 0 atom stereocenters. The van der Waals surface area contributed by atoms with Gasteiger partial charge in [0.05, 0.1) is 0 Å². The van der Waals surface area contributed by atoms with Crippen molar-refractivity contribution in [3.8, 4) is 0 Å². The standard InChI is InChI=1S/C17H17NO4S/c1-18-10-13-4-2-3-5-15(13)23-14-8-6-12(7-9-14)11-22-17(21)16(19)20/h2-9,18H,10-11H2,1H3,(H,19,20). The zero-order chi connectivity index (χ0) is 16.7. The number of benzene rings is 2. The molecule has 2 rings (SSSR count). The maximum Gasteiger partial charge on any atom is 0.417 e. The highest BCUT2D eigenvalue weighted by molar-refractivity contribution is 7.99. The third-order valence-electron chi connectivity index (χ3n) is 3.04. The number of nitrogens with one attached hydrogen (secondary N) is 1. The summed E-state index contributed by atoms with van der Waals surface area (Å²) in [6.45, 7) is 0.749. The lowest BCUT2D eigenvalue weighted by molar-refractivity contribution is -0.164. The Kier molecular flexibility index (Phi) is 6.19. The van der Waals surface area contributed by atoms with E-state index in [9.17, 15) is 9.59 Å². The molecule has 0 aliphatic carbocycles. The number of carboxylic acid groups (broad SMARTS) is 1. The van der Waals surface area contributed by atoms with Gasteiger partial charge in [0.2, 0.25) is 0 Å². The molecule has 0 radical (unpaired) electrons. The van der Waals surface area contributed by atoms with Gasteiger partial charge < -0.3 is 15.2 Å². The van der Waals surface area contributed by atoms with Gasteiger partial charge in [0, 0.05) is 16.3 Å². The average Bonchev–Trinajstić information content (AvgIpc) is 2.56. The van der Waals surface area contributed by atoms with Gasteiger partial charge >= 0.3 is 11.9 Å². The molecule has 2 aromatic rings. The van der Waals surface area contributed by atoms with Crippen LogP contribution in [0.15, 0.2) is 58.3 Å². The van der Waals surface area contributed by atoms with E-state index in [0.717, 1.165) is 17.0 Å². The van der Waals surface area contributed by atoms with Crippen molar-refractivity contribution in [3.63, 3.8) is 0 Å². The number of hydrogen-bond donors (Lipinski definition) is 2. The van der Waals surface area contributed by atoms with Crippen molar-refractivity contribution in [1.82, 2.24) is 5.32 Å². The van der Waals surface area contributed by atoms with Crippen LogP contribution in [0.1, 0.15) is 11.1 Å². The first kappa shape index (κ1) is 17.1. The lowest BCUT2D eigenvalue weighted by Gasteiger charge is -2.09. The van der Waals surface area contributed by atoms with E-state index in [1.54, 1.807) is 11.8 Å². The van der Waals surface area contributed by atoms with E-state index in [0.29, 0.717) is 0 Å². The number of hydrogen-bond acceptors (Lipinski definition) is 5. The Morgan fingerprint density at radius 1 is 1.13 bits per heavy atom. The Balaban J connectivity index is 2.00. The number of carbonyl (C=O) groups is 2. The molecule has 0 bridgehead atoms. The van der Waals surface area contributed by atoms with Gasteiger partial charge in [0.25, 0.3) is 0 Å². The van der Waals surface area contributed by atoms with Gasteiger partial charge in [-0.05, 0) is 36.4 Å². The van der Waals surface area contributed by atoms with E-state index in [4.69, 9.17) is 5.11 Å². The Labute approximate surface area is 138 Å². The van der Waals surface area contributed by atoms with Gasteiger partial charge in [-0.15, -0.1) is 0 Å². The number of esters is 1. The molecule has 0 heterocycles. The van der Waals surface area contributed by atoms with Crippen LogP contribution in [0.4, 0.5) is 0 Å². The van der Waals surface area contributed by atoms with Crippen molar-refractivity contribution in [2.75, 3.05) is 7.05 Å². The fourth-order valence-corrected chi connectivity index (χ4v) is 2.88. The molecule has 0 unspecified atom stereocenters. The Hall–Kier alpha value is -2.31. The predicted molar refractivity (Wildman–Crippen MR) is 87.2 cm³/mol. The summed E-state index contributed by atoms with van der Waals surface area (Å²) in [6.07, 6.45) is 0. The monoisotopic (exact) mass is 331 g/mol. The van der Waals surface area contributed by atoms with Crippen molar-refractivity contribution in [2.45, 2.75) is 22.9 Å². The normalized spacial score (nSPS) is 10.3. The molecule has 2 N–H and O–H groups in total. The number of carboxylic acids is 1. The minimum Gasteiger partial charge on any atom is -0.473 e. The van der Waals surface area contributed by atoms with E-state index in [1.807, 2.05) is 43.4 Å². The van der Waals surface area contributed by atoms with Gasteiger partial charge in [-0.1, -0.05) is 42.1 Å². The van der Waals surface area contributed by atoms with Crippen molar-refractivity contribution >= 4 is 23.7 Å². The second kappa shape index (κ2) is 8.36. The molecule has 0 aliphatic heterocycles. The van der Waals surface area contributed by atoms with Crippen LogP contribution >= 0.6 is 11.8 Å². The van der Waals surface area contributed by atoms with Crippen molar-refractivity contribution in [1.29, 1.82) is 0 Å². The molecule has 23 heavy (non-hydrogen) atoms. The molecule has 0 saturated heterocycles. The Morgan fingerprint density at radius 3 is 2.48 bits per heavy atom. The van der Waals surface area contributed by atoms with Crippen molar-refractivity contribution in [3.05, 3.63) is 59.7 Å². The molecular weight excluding hydrogens is 314 g/mol. The first-order chi connectivity index (χ1) is 11.1. The Bertz CT molecular complexity index is 685. The first-order valence-electron chi connectivity index (χ1n) is 6.99. The molecule has 120 valence electrons. The number of rotatable bonds is 6. The zero-order valence-corrected chi connectivity index (χ0v) is 13.4. The molecule has 0 spiro atoms. The van der Waals surface area contributed by atoms with Gasteiger partial charge in [0.1, 0.15) is 6.61 Å². The smallest absolute Gasteiger partial charge is 0.417 e. The molecule has 0 aliphatic rings. The number of ether oxygens (including phenoxy) is 1. The van der Waals surface area contributed by atoms with Gasteiger partial charge in [-0.25, -0.2) is 9.59 Å². The third kappa shape index (κ3) is 5.12. The minimum absolute atomic E-state index is 0.0492. The highest BCUT2D eigenvalue weighted by Gasteiger charge is 2.12. The van der Waals surface area contributed by atoms with Crippen LogP contribution in [0.25, 0.3) is 0 Å². The maximum atomic E-state index is 10.9. The third-order valence-corrected chi connectivity index (χ3v) is 4.16. The molecule has 2 aromatic carbocycles. The highest BCUT2D eigenvalue weighted by Crippen LogP contribution is 2.30. The summed E-state index contributed by atoms with van der Waals surface area (Å²) < 4.78 is 4.65. The molecular formula is C17H17NO4S. The summed E-state index contributed by atoms with van der Waals surface area (Å²) >= 11 is 1.65. The molecule has 0 aromatic heterocycles. The van der Waals surface area contributed by atoms with Crippen LogP contribution in [-0.2, 0) is 27.5 Å². The number of carbonyl (C=O) groups excluding carboxylic acids is 1. The quantitative estimate of drug-likeness (QED) is 0.626. The average molecular weight is 331 g/mol. The van der Waals surface area contributed by atoms with Crippen LogP contribution in [0.5, 0.6) is 0 Å². The molecule has 0 fully saturated rings. The SMILES string of the molecule is CNCc1ccccc1Sc1ccc(COC(=O)C(=O)O)cc1. The summed E-state index contributed by atoms with van der Waals surface area (Å²) in [5.74, 6) is -2.83. The van der Waals surface area contributed by atoms with Crippen molar-refractivity contribution < 1.29 is 19.4 Å². The van der Waals surface area contributed by atoms with E-state index >= 15 is 0 Å². The number of aliphatic carboxylic acids is 1. The van der Waals surface area contributed by atoms with Crippen LogP contribution in [-0.4, -0.2) is 24.1 Å². The highest BCUT2D eigenvalue weighted by atomic mass is 32.2. The van der Waals surface area contributed by atoms with E-state index in [2.05, 4.69) is 22.2 Å². The topological polar surface area (TPSA) is 75.6 Å². The summed E-state index contributed by atoms with van der Waals surface area (Å²) in [5.41, 5.74) is 1.96. The fourth-order valence-electron chi connectivity index (χ4n) is 1.93. The minimum atomic E-state index is -1.58. The fraction of sp³-hybridized carbons (Fsp3) is 0.176. The van der Waals surface area contributed by atoms with Crippen LogP contribution in [0.2, 0.25) is 0 Å². The molecule has 5 nitrogen and oxygen atoms in total. The summed E-state index contributed by atoms with van der Waals surface area (Å²) in [4.78, 5) is 23.5. The van der Waals surface area contributed by atoms with Gasteiger partial charge in [-0.3, -0.25) is 0 Å². The lowest BCUT2D eigenvalue weighted by Crippen LogP contribution is -2.15. The van der Waals surface area contributed by atoms with Crippen LogP contribution in [0.3, 0.4) is 0 Å². The Morgan fingerprint density at radius 2 is 1.83 bits per heavy atom. The molecule has 6 heteroatoms. The van der Waals surface area contributed by atoms with E-state index < -0.39 is 11.9 Å². The second-order valence-corrected chi connectivity index (χ2v) is 5.88. The van der Waals surface area contributed by atoms with Crippen LogP contribution in [0, 0.1) is 0 Å². The van der Waals surface area contributed by atoms with Gasteiger partial charge in [-0.2, -0.15) is 0 Å². The maximum absolute atomic E-state index is 10.9. The largest absolute Gasteiger partial charge is 0.473 e. The first-order valence-corrected chi connectivity index (χ1v) is 7.81. The predicted octanol–water partition coefficient (Wildman–Crippen LogP) is 2.69. The van der Waals surface area contributed by atoms with Crippen molar-refractivity contribution in [2.24, 2.45) is 0 Å². The zero-order valence-electron chi connectivity index (χ0n) is 12.6. The van der Waals surface area contributed by atoms with E-state index in [1.165, 1.54) is 10.5 Å². The van der Waals surface area contributed by atoms with Crippen LogP contribution < -0.4 is 5.32 Å². The molecule has 0 amide bonds. The summed E-state index contributed by atoms with van der Waals surface area (Å²) in [6, 6.07) is 15.6. The summed E-state index contributed by atoms with van der Waals surface area (Å²) in [7, 11) is 1.91. The summed E-state index contributed by atoms with van der Waals surface area (Å²) in [5, 5.41) is 11.6. The lowest BCUT2D eigenvalue weighted by atomic mass is 10.2.